The number of alkyl halides is 26. The summed E-state index contributed by atoms with van der Waals surface area (Å²) in [5.74, 6) is -82.6. The van der Waals surface area contributed by atoms with Crippen molar-refractivity contribution in [2.24, 2.45) is 0 Å². The van der Waals surface area contributed by atoms with Gasteiger partial charge in [0.1, 0.15) is 0 Å². The third kappa shape index (κ3) is 7.96. The summed E-state index contributed by atoms with van der Waals surface area (Å²) in [7, 11) is 0. The lowest BCUT2D eigenvalue weighted by molar-refractivity contribution is -0.440. The number of esters is 2. The first-order valence-electron chi connectivity index (χ1n) is 11.8. The average molecular weight is 822 g/mol. The van der Waals surface area contributed by atoms with E-state index in [2.05, 4.69) is 16.1 Å². The van der Waals surface area contributed by atoms with Crippen LogP contribution >= 0.6 is 0 Å². The second-order valence-corrected chi connectivity index (χ2v) is 9.64. The van der Waals surface area contributed by atoms with Gasteiger partial charge in [-0.25, -0.2) is 4.79 Å². The molecule has 0 saturated heterocycles. The molecule has 0 aliphatic carbocycles. The first-order valence-corrected chi connectivity index (χ1v) is 11.8. The fourth-order valence-electron chi connectivity index (χ4n) is 2.88. The highest BCUT2D eigenvalue weighted by Crippen LogP contribution is 2.62. The van der Waals surface area contributed by atoms with Crippen molar-refractivity contribution in [1.82, 2.24) is 0 Å². The molecule has 0 aromatic carbocycles. The Balaban J connectivity index is 5.51. The van der Waals surface area contributed by atoms with E-state index in [4.69, 9.17) is 0 Å². The summed E-state index contributed by atoms with van der Waals surface area (Å²) in [5, 5.41) is 0. The molecular formula is C21H12F26O4. The standard InChI is InChI=1S/C21H12F26O4/c1-7(9(49)51-5-3-11(24,25)13(28,29)15(32,33)17(36,37)19(40,41)21(45,46)47)6-8(48)50-4-2-10(22,23)12(26,27)14(30,31)16(34,35)18(38,39)20(42,43)44/h1-6H2. The van der Waals surface area contributed by atoms with E-state index in [9.17, 15) is 124 Å². The lowest BCUT2D eigenvalue weighted by Gasteiger charge is -2.39. The topological polar surface area (TPSA) is 52.6 Å². The van der Waals surface area contributed by atoms with Crippen LogP contribution in [-0.4, -0.2) is 96.7 Å². The number of carbonyl (C=O) groups is 2. The van der Waals surface area contributed by atoms with Crippen molar-refractivity contribution in [1.29, 1.82) is 0 Å². The molecule has 4 nitrogen and oxygen atoms in total. The van der Waals surface area contributed by atoms with E-state index >= 15 is 0 Å². The van der Waals surface area contributed by atoms with Gasteiger partial charge in [-0.2, -0.15) is 114 Å². The lowest BCUT2D eigenvalue weighted by atomic mass is 9.93. The number of halogens is 26. The summed E-state index contributed by atoms with van der Waals surface area (Å²) in [6.07, 6.45) is -23.4. The zero-order valence-corrected chi connectivity index (χ0v) is 23.2. The highest BCUT2D eigenvalue weighted by atomic mass is 19.4. The van der Waals surface area contributed by atoms with Gasteiger partial charge in [-0.15, -0.1) is 0 Å². The first-order chi connectivity index (χ1) is 21.9. The van der Waals surface area contributed by atoms with Crippen molar-refractivity contribution in [2.75, 3.05) is 13.2 Å². The fraction of sp³-hybridized carbons (Fsp3) is 0.810. The first kappa shape index (κ1) is 47.9. The second kappa shape index (κ2) is 13.7. The molecule has 0 N–H and O–H groups in total. The highest BCUT2D eigenvalue weighted by molar-refractivity contribution is 5.93. The number of carbonyl (C=O) groups excluding carboxylic acids is 2. The predicted octanol–water partition coefficient (Wildman–Crippen LogP) is 9.28. The number of hydrogen-bond donors (Lipinski definition) is 0. The Hall–Kier alpha value is -3.14. The molecule has 0 rings (SSSR count). The van der Waals surface area contributed by atoms with E-state index < -0.39 is 122 Å². The van der Waals surface area contributed by atoms with Crippen LogP contribution in [0.5, 0.6) is 0 Å². The SMILES string of the molecule is C=C(CC(=O)OCCC(F)(F)C(F)(F)C(F)(F)C(F)(F)C(F)(F)C(F)(F)F)C(=O)OCCC(F)(F)C(F)(F)C(F)(F)C(F)(F)C(F)(F)C(F)(F)F. The molecule has 0 amide bonds. The van der Waals surface area contributed by atoms with E-state index in [1.165, 1.54) is 0 Å². The van der Waals surface area contributed by atoms with Gasteiger partial charge in [0.15, 0.2) is 0 Å². The van der Waals surface area contributed by atoms with E-state index in [0.717, 1.165) is 0 Å². The Morgan fingerprint density at radius 2 is 0.647 bits per heavy atom. The van der Waals surface area contributed by atoms with Crippen molar-refractivity contribution < 1.29 is 133 Å². The van der Waals surface area contributed by atoms with Crippen molar-refractivity contribution in [3.8, 4) is 0 Å². The molecule has 0 saturated carbocycles. The summed E-state index contributed by atoms with van der Waals surface area (Å²) >= 11 is 0. The van der Waals surface area contributed by atoms with Gasteiger partial charge < -0.3 is 9.47 Å². The minimum Gasteiger partial charge on any atom is -0.465 e. The Morgan fingerprint density at radius 1 is 0.392 bits per heavy atom. The van der Waals surface area contributed by atoms with Crippen LogP contribution in [0.3, 0.4) is 0 Å². The molecule has 302 valence electrons. The quantitative estimate of drug-likeness (QED) is 0.0835. The Morgan fingerprint density at radius 3 is 0.922 bits per heavy atom. The summed E-state index contributed by atoms with van der Waals surface area (Å²) in [6.45, 7) is -2.21. The van der Waals surface area contributed by atoms with Crippen molar-refractivity contribution in [2.45, 2.75) is 90.8 Å². The van der Waals surface area contributed by atoms with Crippen LogP contribution in [-0.2, 0) is 19.1 Å². The molecule has 0 fully saturated rings. The van der Waals surface area contributed by atoms with Crippen molar-refractivity contribution in [3.05, 3.63) is 12.2 Å². The molecule has 0 atom stereocenters. The minimum atomic E-state index is -8.26. The maximum Gasteiger partial charge on any atom is 0.460 e. The molecule has 51 heavy (non-hydrogen) atoms. The van der Waals surface area contributed by atoms with E-state index in [1.807, 2.05) is 0 Å². The number of ether oxygens (including phenoxy) is 2. The molecule has 0 spiro atoms. The summed E-state index contributed by atoms with van der Waals surface area (Å²) in [6, 6.07) is 0. The molecular weight excluding hydrogens is 810 g/mol. The van der Waals surface area contributed by atoms with Crippen LogP contribution in [0.4, 0.5) is 114 Å². The minimum absolute atomic E-state index is 1.53. The van der Waals surface area contributed by atoms with Crippen LogP contribution in [0.1, 0.15) is 19.3 Å². The average Bonchev–Trinajstić information content (AvgIpc) is 2.90. The van der Waals surface area contributed by atoms with Gasteiger partial charge in [-0.3, -0.25) is 4.79 Å². The normalized spacial score (nSPS) is 15.5. The van der Waals surface area contributed by atoms with Gasteiger partial charge in [0, 0.05) is 5.57 Å². The predicted molar refractivity (Wildman–Crippen MR) is 106 cm³/mol. The van der Waals surface area contributed by atoms with Crippen LogP contribution in [0.15, 0.2) is 12.2 Å². The van der Waals surface area contributed by atoms with Gasteiger partial charge in [0.05, 0.1) is 32.5 Å². The van der Waals surface area contributed by atoms with E-state index in [0.29, 0.717) is 0 Å². The van der Waals surface area contributed by atoms with Crippen molar-refractivity contribution in [3.63, 3.8) is 0 Å². The van der Waals surface area contributed by atoms with Crippen LogP contribution < -0.4 is 0 Å². The van der Waals surface area contributed by atoms with E-state index in [1.54, 1.807) is 0 Å². The summed E-state index contributed by atoms with van der Waals surface area (Å²) in [4.78, 5) is 23.0. The maximum atomic E-state index is 13.7. The zero-order chi connectivity index (χ0) is 41.7. The summed E-state index contributed by atoms with van der Waals surface area (Å²) in [5.41, 5.74) is -1.53. The van der Waals surface area contributed by atoms with Crippen molar-refractivity contribution >= 4 is 11.9 Å². The maximum absolute atomic E-state index is 13.7. The molecule has 0 aromatic heterocycles. The number of hydrogen-bond acceptors (Lipinski definition) is 4. The third-order valence-electron chi connectivity index (χ3n) is 5.97. The van der Waals surface area contributed by atoms with Gasteiger partial charge in [-0.05, 0) is 0 Å². The molecule has 0 radical (unpaired) electrons. The second-order valence-electron chi connectivity index (χ2n) is 9.64. The van der Waals surface area contributed by atoms with Gasteiger partial charge in [0.25, 0.3) is 0 Å². The van der Waals surface area contributed by atoms with Gasteiger partial charge in [0.2, 0.25) is 0 Å². The van der Waals surface area contributed by atoms with Crippen LogP contribution in [0, 0.1) is 0 Å². The Labute approximate surface area is 262 Å². The van der Waals surface area contributed by atoms with Gasteiger partial charge in [-0.1, -0.05) is 6.58 Å². The molecule has 0 aromatic rings. The Bertz CT molecular complexity index is 1280. The molecule has 0 aliphatic rings. The molecule has 30 heteroatoms. The fourth-order valence-corrected chi connectivity index (χ4v) is 2.88. The lowest BCUT2D eigenvalue weighted by Crippen LogP contribution is -2.70. The smallest absolute Gasteiger partial charge is 0.460 e. The molecule has 0 aliphatic heterocycles. The van der Waals surface area contributed by atoms with Crippen LogP contribution in [0.25, 0.3) is 0 Å². The Kier molecular flexibility index (Phi) is 12.8. The monoisotopic (exact) mass is 822 g/mol. The highest BCUT2D eigenvalue weighted by Gasteiger charge is 2.92. The summed E-state index contributed by atoms with van der Waals surface area (Å²) < 4.78 is 346. The molecule has 0 bridgehead atoms. The van der Waals surface area contributed by atoms with Crippen LogP contribution in [0.2, 0.25) is 0 Å². The molecule has 0 heterocycles. The van der Waals surface area contributed by atoms with Gasteiger partial charge >= 0.3 is 83.5 Å². The zero-order valence-electron chi connectivity index (χ0n) is 23.2. The van der Waals surface area contributed by atoms with E-state index in [-0.39, 0.29) is 0 Å². The molecule has 0 unspecified atom stereocenters. The number of rotatable bonds is 17. The third-order valence-corrected chi connectivity index (χ3v) is 5.97. The largest absolute Gasteiger partial charge is 0.465 e.